The second-order valence-electron chi connectivity index (χ2n) is 5.17. The van der Waals surface area contributed by atoms with Crippen LogP contribution in [0, 0.1) is 6.92 Å². The predicted molar refractivity (Wildman–Crippen MR) is 87.0 cm³/mol. The average Bonchev–Trinajstić information content (AvgIpc) is 2.52. The van der Waals surface area contributed by atoms with Gasteiger partial charge >= 0.3 is 0 Å². The summed E-state index contributed by atoms with van der Waals surface area (Å²) in [4.78, 5) is 0. The van der Waals surface area contributed by atoms with Gasteiger partial charge in [-0.15, -0.1) is 0 Å². The van der Waals surface area contributed by atoms with Gasteiger partial charge in [0.05, 0.1) is 0 Å². The van der Waals surface area contributed by atoms with Crippen LogP contribution in [0.4, 0.5) is 5.69 Å². The lowest BCUT2D eigenvalue weighted by molar-refractivity contribution is 0.117. The van der Waals surface area contributed by atoms with E-state index in [4.69, 9.17) is 4.74 Å². The van der Waals surface area contributed by atoms with Gasteiger partial charge in [0, 0.05) is 12.2 Å². The van der Waals surface area contributed by atoms with E-state index >= 15 is 0 Å². The fourth-order valence-electron chi connectivity index (χ4n) is 2.11. The number of ether oxygens (including phenoxy) is 1. The van der Waals surface area contributed by atoms with Crippen LogP contribution in [0.1, 0.15) is 18.1 Å². The Kier molecular flexibility index (Phi) is 5.64. The third-order valence-corrected chi connectivity index (χ3v) is 3.39. The summed E-state index contributed by atoms with van der Waals surface area (Å²) in [6, 6.07) is 16.0. The summed E-state index contributed by atoms with van der Waals surface area (Å²) in [5.74, 6) is 0.786. The van der Waals surface area contributed by atoms with E-state index in [1.54, 1.807) is 0 Å². The molecule has 0 aliphatic heterocycles. The summed E-state index contributed by atoms with van der Waals surface area (Å²) in [6.07, 6.45) is 0.426. The van der Waals surface area contributed by atoms with Crippen molar-refractivity contribution in [1.29, 1.82) is 0 Å². The van der Waals surface area contributed by atoms with Crippen LogP contribution >= 0.6 is 0 Å². The van der Waals surface area contributed by atoms with Crippen molar-refractivity contribution in [2.45, 2.75) is 26.4 Å². The fraction of sp³-hybridized carbons (Fsp3) is 0.333. The number of hydrogen-bond acceptors (Lipinski definition) is 3. The van der Waals surface area contributed by atoms with E-state index < -0.39 is 6.10 Å². The summed E-state index contributed by atoms with van der Waals surface area (Å²) in [7, 11) is 0. The quantitative estimate of drug-likeness (QED) is 0.819. The van der Waals surface area contributed by atoms with Gasteiger partial charge in [0.2, 0.25) is 0 Å². The number of hydrogen-bond donors (Lipinski definition) is 2. The Morgan fingerprint density at radius 2 is 1.81 bits per heavy atom. The summed E-state index contributed by atoms with van der Waals surface area (Å²) in [6.45, 7) is 4.92. The van der Waals surface area contributed by atoms with Gasteiger partial charge in [0.15, 0.2) is 0 Å². The minimum absolute atomic E-state index is 0.282. The van der Waals surface area contributed by atoms with Crippen LogP contribution < -0.4 is 10.1 Å². The lowest BCUT2D eigenvalue weighted by atomic mass is 10.1. The van der Waals surface area contributed by atoms with Crippen LogP contribution in [0.3, 0.4) is 0 Å². The summed E-state index contributed by atoms with van der Waals surface area (Å²) < 4.78 is 5.58. The molecule has 0 bridgehead atoms. The number of aliphatic hydroxyl groups excluding tert-OH is 1. The second-order valence-corrected chi connectivity index (χ2v) is 5.17. The zero-order chi connectivity index (χ0) is 15.1. The normalized spacial score (nSPS) is 12.0. The monoisotopic (exact) mass is 285 g/mol. The van der Waals surface area contributed by atoms with Gasteiger partial charge in [-0.05, 0) is 37.1 Å². The van der Waals surface area contributed by atoms with Crippen LogP contribution in [-0.2, 0) is 6.42 Å². The van der Waals surface area contributed by atoms with Crippen LogP contribution in [0.15, 0.2) is 48.5 Å². The number of para-hydroxylation sites is 1. The third-order valence-electron chi connectivity index (χ3n) is 3.39. The molecule has 0 fully saturated rings. The molecule has 2 rings (SSSR count). The fourth-order valence-corrected chi connectivity index (χ4v) is 2.11. The molecule has 2 aromatic rings. The van der Waals surface area contributed by atoms with Crippen LogP contribution in [0.2, 0.25) is 0 Å². The molecule has 0 radical (unpaired) electrons. The van der Waals surface area contributed by atoms with Crippen LogP contribution in [0.5, 0.6) is 5.75 Å². The van der Waals surface area contributed by atoms with Crippen molar-refractivity contribution in [2.24, 2.45) is 0 Å². The molecule has 0 aliphatic rings. The SMILES string of the molecule is CCc1ccccc1NCC(O)COc1ccc(C)cc1. The molecule has 0 saturated heterocycles. The highest BCUT2D eigenvalue weighted by molar-refractivity contribution is 5.51. The molecule has 2 N–H and O–H groups in total. The average molecular weight is 285 g/mol. The lowest BCUT2D eigenvalue weighted by Gasteiger charge is -2.16. The Bertz CT molecular complexity index is 551. The van der Waals surface area contributed by atoms with Gasteiger partial charge in [0.1, 0.15) is 18.5 Å². The minimum Gasteiger partial charge on any atom is -0.491 e. The Labute approximate surface area is 126 Å². The van der Waals surface area contributed by atoms with Gasteiger partial charge < -0.3 is 15.2 Å². The van der Waals surface area contributed by atoms with Crippen LogP contribution in [0.25, 0.3) is 0 Å². The van der Waals surface area contributed by atoms with Gasteiger partial charge in [-0.1, -0.05) is 42.8 Å². The first-order valence-corrected chi connectivity index (χ1v) is 7.38. The molecule has 0 aliphatic carbocycles. The molecule has 112 valence electrons. The molecule has 1 atom stereocenters. The van der Waals surface area contributed by atoms with E-state index in [0.29, 0.717) is 6.54 Å². The number of benzene rings is 2. The van der Waals surface area contributed by atoms with Crippen LogP contribution in [-0.4, -0.2) is 24.4 Å². The predicted octanol–water partition coefficient (Wildman–Crippen LogP) is 3.41. The van der Waals surface area contributed by atoms with Gasteiger partial charge in [0.25, 0.3) is 0 Å². The molecule has 3 nitrogen and oxygen atoms in total. The highest BCUT2D eigenvalue weighted by Crippen LogP contribution is 2.15. The molecule has 0 heterocycles. The van der Waals surface area contributed by atoms with Gasteiger partial charge in [-0.2, -0.15) is 0 Å². The molecule has 3 heteroatoms. The van der Waals surface area contributed by atoms with E-state index in [0.717, 1.165) is 17.9 Å². The summed E-state index contributed by atoms with van der Waals surface area (Å²) in [5, 5.41) is 13.3. The molecular formula is C18H23NO2. The molecule has 0 aromatic heterocycles. The maximum absolute atomic E-state index is 10.0. The highest BCUT2D eigenvalue weighted by atomic mass is 16.5. The number of anilines is 1. The number of rotatable bonds is 7. The largest absolute Gasteiger partial charge is 0.491 e. The number of aliphatic hydroxyl groups is 1. The Morgan fingerprint density at radius 1 is 1.10 bits per heavy atom. The molecule has 0 saturated carbocycles. The first kappa shape index (κ1) is 15.4. The van der Waals surface area contributed by atoms with Crippen molar-refractivity contribution in [1.82, 2.24) is 0 Å². The lowest BCUT2D eigenvalue weighted by Crippen LogP contribution is -2.26. The van der Waals surface area contributed by atoms with Crippen molar-refractivity contribution < 1.29 is 9.84 Å². The zero-order valence-electron chi connectivity index (χ0n) is 12.7. The van der Waals surface area contributed by atoms with E-state index in [2.05, 4.69) is 18.3 Å². The van der Waals surface area contributed by atoms with E-state index in [-0.39, 0.29) is 6.61 Å². The second kappa shape index (κ2) is 7.70. The molecular weight excluding hydrogens is 262 g/mol. The first-order valence-electron chi connectivity index (χ1n) is 7.38. The topological polar surface area (TPSA) is 41.5 Å². The van der Waals surface area contributed by atoms with E-state index in [9.17, 15) is 5.11 Å². The molecule has 1 unspecified atom stereocenters. The summed E-state index contributed by atoms with van der Waals surface area (Å²) in [5.41, 5.74) is 3.53. The van der Waals surface area contributed by atoms with Gasteiger partial charge in [-0.25, -0.2) is 0 Å². The molecule has 2 aromatic carbocycles. The van der Waals surface area contributed by atoms with Gasteiger partial charge in [-0.3, -0.25) is 0 Å². The Morgan fingerprint density at radius 3 is 2.52 bits per heavy atom. The smallest absolute Gasteiger partial charge is 0.119 e. The zero-order valence-corrected chi connectivity index (χ0v) is 12.7. The van der Waals surface area contributed by atoms with E-state index in [1.165, 1.54) is 11.1 Å². The maximum atomic E-state index is 10.0. The Balaban J connectivity index is 1.79. The molecule has 0 spiro atoms. The molecule has 0 amide bonds. The first-order chi connectivity index (χ1) is 10.2. The van der Waals surface area contributed by atoms with Crippen molar-refractivity contribution in [3.8, 4) is 5.75 Å². The molecule has 21 heavy (non-hydrogen) atoms. The minimum atomic E-state index is -0.545. The van der Waals surface area contributed by atoms with Crippen molar-refractivity contribution in [2.75, 3.05) is 18.5 Å². The van der Waals surface area contributed by atoms with Crippen molar-refractivity contribution >= 4 is 5.69 Å². The maximum Gasteiger partial charge on any atom is 0.119 e. The standard InChI is InChI=1S/C18H23NO2/c1-3-15-6-4-5-7-18(15)19-12-16(20)13-21-17-10-8-14(2)9-11-17/h4-11,16,19-20H,3,12-13H2,1-2H3. The highest BCUT2D eigenvalue weighted by Gasteiger charge is 2.06. The number of aryl methyl sites for hydroxylation is 2. The van der Waals surface area contributed by atoms with E-state index in [1.807, 2.05) is 49.4 Å². The van der Waals surface area contributed by atoms with Crippen molar-refractivity contribution in [3.05, 3.63) is 59.7 Å². The number of nitrogens with one attached hydrogen (secondary N) is 1. The van der Waals surface area contributed by atoms with Crippen molar-refractivity contribution in [3.63, 3.8) is 0 Å². The third kappa shape index (κ3) is 4.80. The Hall–Kier alpha value is -2.00. The summed E-state index contributed by atoms with van der Waals surface area (Å²) >= 11 is 0.